The predicted molar refractivity (Wildman–Crippen MR) is 119 cm³/mol. The summed E-state index contributed by atoms with van der Waals surface area (Å²) in [7, 11) is 0. The number of amides is 1. The van der Waals surface area contributed by atoms with Crippen molar-refractivity contribution in [1.29, 1.82) is 0 Å². The van der Waals surface area contributed by atoms with Gasteiger partial charge >= 0.3 is 0 Å². The van der Waals surface area contributed by atoms with E-state index >= 15 is 0 Å². The molecule has 29 heavy (non-hydrogen) atoms. The molecule has 1 aromatic heterocycles. The molecule has 0 aliphatic carbocycles. The maximum Gasteiger partial charge on any atom is 0.252 e. The van der Waals surface area contributed by atoms with Crippen molar-refractivity contribution < 1.29 is 4.79 Å². The summed E-state index contributed by atoms with van der Waals surface area (Å²) in [6, 6.07) is 20.1. The number of carbonyl (C=O) groups excluding carboxylic acids is 1. The Morgan fingerprint density at radius 2 is 1.79 bits per heavy atom. The molecule has 0 spiro atoms. The Balaban J connectivity index is 1.67. The van der Waals surface area contributed by atoms with Crippen LogP contribution >= 0.6 is 0 Å². The molecule has 1 aliphatic rings. The predicted octanol–water partition coefficient (Wildman–Crippen LogP) is 5.35. The van der Waals surface area contributed by atoms with E-state index in [1.165, 1.54) is 12.8 Å². The number of aromatic nitrogens is 1. The SMILES string of the molecule is CC[C@H](NC(=O)c1cc(N2CCC(C)CC2)nc2ccccc12)c1ccccc1. The molecule has 1 atom stereocenters. The summed E-state index contributed by atoms with van der Waals surface area (Å²) < 4.78 is 0. The number of piperidine rings is 1. The summed E-state index contributed by atoms with van der Waals surface area (Å²) in [5.74, 6) is 1.63. The minimum Gasteiger partial charge on any atom is -0.357 e. The highest BCUT2D eigenvalue weighted by molar-refractivity contribution is 6.07. The number of benzene rings is 2. The van der Waals surface area contributed by atoms with Crippen molar-refractivity contribution >= 4 is 22.6 Å². The van der Waals surface area contributed by atoms with Gasteiger partial charge in [0.05, 0.1) is 17.1 Å². The standard InChI is InChI=1S/C25H29N3O/c1-3-22(19-9-5-4-6-10-19)27-25(29)21-17-24(28-15-13-18(2)14-16-28)26-23-12-8-7-11-20(21)23/h4-12,17-18,22H,3,13-16H2,1-2H3,(H,27,29)/t22-/m0/s1. The normalized spacial score (nSPS) is 16.0. The first-order valence-corrected chi connectivity index (χ1v) is 10.7. The number of hydrogen-bond acceptors (Lipinski definition) is 3. The quantitative estimate of drug-likeness (QED) is 0.642. The molecule has 4 heteroatoms. The fourth-order valence-corrected chi connectivity index (χ4v) is 4.09. The van der Waals surface area contributed by atoms with Gasteiger partial charge in [-0.25, -0.2) is 4.98 Å². The average Bonchev–Trinajstić information content (AvgIpc) is 2.77. The molecule has 1 saturated heterocycles. The minimum atomic E-state index is -0.0362. The number of nitrogens with one attached hydrogen (secondary N) is 1. The van der Waals surface area contributed by atoms with Gasteiger partial charge in [0.1, 0.15) is 5.82 Å². The fourth-order valence-electron chi connectivity index (χ4n) is 4.09. The molecule has 1 N–H and O–H groups in total. The van der Waals surface area contributed by atoms with Crippen molar-refractivity contribution in [2.24, 2.45) is 5.92 Å². The molecule has 150 valence electrons. The zero-order chi connectivity index (χ0) is 20.2. The van der Waals surface area contributed by atoms with Gasteiger partial charge in [0.2, 0.25) is 0 Å². The van der Waals surface area contributed by atoms with E-state index in [1.54, 1.807) is 0 Å². The summed E-state index contributed by atoms with van der Waals surface area (Å²) in [5, 5.41) is 4.15. The first kappa shape index (κ1) is 19.4. The van der Waals surface area contributed by atoms with E-state index in [1.807, 2.05) is 48.5 Å². The van der Waals surface area contributed by atoms with Gasteiger partial charge < -0.3 is 10.2 Å². The Labute approximate surface area is 173 Å². The molecule has 0 saturated carbocycles. The van der Waals surface area contributed by atoms with Crippen LogP contribution in [0.4, 0.5) is 5.82 Å². The van der Waals surface area contributed by atoms with Crippen LogP contribution in [-0.2, 0) is 0 Å². The van der Waals surface area contributed by atoms with Crippen LogP contribution < -0.4 is 10.2 Å². The van der Waals surface area contributed by atoms with Crippen LogP contribution in [0, 0.1) is 5.92 Å². The average molecular weight is 388 g/mol. The summed E-state index contributed by atoms with van der Waals surface area (Å²) in [5.41, 5.74) is 2.71. The Kier molecular flexibility index (Phi) is 5.79. The monoisotopic (exact) mass is 387 g/mol. The van der Waals surface area contributed by atoms with Crippen molar-refractivity contribution in [2.45, 2.75) is 39.2 Å². The molecule has 0 unspecified atom stereocenters. The smallest absolute Gasteiger partial charge is 0.252 e. The minimum absolute atomic E-state index is 0.00471. The molecular formula is C25H29N3O. The Bertz CT molecular complexity index is 978. The van der Waals surface area contributed by atoms with Gasteiger partial charge in [0.25, 0.3) is 5.91 Å². The van der Waals surface area contributed by atoms with Crippen LogP contribution in [0.15, 0.2) is 60.7 Å². The first-order valence-electron chi connectivity index (χ1n) is 10.7. The van der Waals surface area contributed by atoms with Crippen LogP contribution in [0.1, 0.15) is 55.1 Å². The maximum absolute atomic E-state index is 13.3. The lowest BCUT2D eigenvalue weighted by Gasteiger charge is -2.31. The van der Waals surface area contributed by atoms with Crippen LogP contribution in [0.5, 0.6) is 0 Å². The van der Waals surface area contributed by atoms with Crippen molar-refractivity contribution in [3.63, 3.8) is 0 Å². The molecule has 4 nitrogen and oxygen atoms in total. The molecule has 0 bridgehead atoms. The molecule has 3 aromatic rings. The fraction of sp³-hybridized carbons (Fsp3) is 0.360. The highest BCUT2D eigenvalue weighted by Gasteiger charge is 2.21. The third-order valence-electron chi connectivity index (χ3n) is 5.97. The van der Waals surface area contributed by atoms with Crippen LogP contribution in [0.25, 0.3) is 10.9 Å². The molecule has 1 aliphatic heterocycles. The molecule has 2 heterocycles. The van der Waals surface area contributed by atoms with Gasteiger partial charge in [-0.1, -0.05) is 62.4 Å². The van der Waals surface area contributed by atoms with Crippen molar-refractivity contribution in [3.8, 4) is 0 Å². The number of anilines is 1. The lowest BCUT2D eigenvalue weighted by Crippen LogP contribution is -2.34. The zero-order valence-electron chi connectivity index (χ0n) is 17.3. The number of pyridine rings is 1. The van der Waals surface area contributed by atoms with E-state index < -0.39 is 0 Å². The molecule has 1 amide bonds. The largest absolute Gasteiger partial charge is 0.357 e. The van der Waals surface area contributed by atoms with Crippen molar-refractivity contribution in [3.05, 3.63) is 71.8 Å². The highest BCUT2D eigenvalue weighted by atomic mass is 16.1. The lowest BCUT2D eigenvalue weighted by molar-refractivity contribution is 0.0937. The van der Waals surface area contributed by atoms with E-state index in [0.29, 0.717) is 5.56 Å². The number of carbonyl (C=O) groups is 1. The van der Waals surface area contributed by atoms with E-state index in [0.717, 1.165) is 47.7 Å². The molecule has 2 aromatic carbocycles. The van der Waals surface area contributed by atoms with Crippen molar-refractivity contribution in [1.82, 2.24) is 10.3 Å². The third kappa shape index (κ3) is 4.26. The van der Waals surface area contributed by atoms with Crippen LogP contribution in [-0.4, -0.2) is 24.0 Å². The summed E-state index contributed by atoms with van der Waals surface area (Å²) in [6.07, 6.45) is 3.18. The Morgan fingerprint density at radius 3 is 2.52 bits per heavy atom. The van der Waals surface area contributed by atoms with E-state index in [2.05, 4.69) is 36.2 Å². The number of hydrogen-bond donors (Lipinski definition) is 1. The van der Waals surface area contributed by atoms with Gasteiger partial charge in [-0.3, -0.25) is 4.79 Å². The third-order valence-corrected chi connectivity index (χ3v) is 5.97. The number of para-hydroxylation sites is 1. The molecule has 0 radical (unpaired) electrons. The topological polar surface area (TPSA) is 45.2 Å². The second-order valence-corrected chi connectivity index (χ2v) is 8.06. The zero-order valence-corrected chi connectivity index (χ0v) is 17.3. The first-order chi connectivity index (χ1) is 14.2. The summed E-state index contributed by atoms with van der Waals surface area (Å²) in [4.78, 5) is 20.5. The van der Waals surface area contributed by atoms with Gasteiger partial charge in [0, 0.05) is 18.5 Å². The van der Waals surface area contributed by atoms with Crippen molar-refractivity contribution in [2.75, 3.05) is 18.0 Å². The number of nitrogens with zero attached hydrogens (tertiary/aromatic N) is 2. The maximum atomic E-state index is 13.3. The van der Waals surface area contributed by atoms with Gasteiger partial charge in [0.15, 0.2) is 0 Å². The summed E-state index contributed by atoms with van der Waals surface area (Å²) >= 11 is 0. The number of rotatable bonds is 5. The lowest BCUT2D eigenvalue weighted by atomic mass is 9.99. The second kappa shape index (κ2) is 8.64. The van der Waals surface area contributed by atoms with Gasteiger partial charge in [-0.2, -0.15) is 0 Å². The van der Waals surface area contributed by atoms with Gasteiger partial charge in [-0.05, 0) is 42.9 Å². The second-order valence-electron chi connectivity index (χ2n) is 8.06. The van der Waals surface area contributed by atoms with Gasteiger partial charge in [-0.15, -0.1) is 0 Å². The summed E-state index contributed by atoms with van der Waals surface area (Å²) in [6.45, 7) is 6.39. The number of fused-ring (bicyclic) bond motifs is 1. The Hall–Kier alpha value is -2.88. The van der Waals surface area contributed by atoms with Crippen LogP contribution in [0.2, 0.25) is 0 Å². The Morgan fingerprint density at radius 1 is 1.10 bits per heavy atom. The highest BCUT2D eigenvalue weighted by Crippen LogP contribution is 2.27. The molecule has 4 rings (SSSR count). The van der Waals surface area contributed by atoms with E-state index in [4.69, 9.17) is 4.98 Å². The van der Waals surface area contributed by atoms with E-state index in [-0.39, 0.29) is 11.9 Å². The van der Waals surface area contributed by atoms with Crippen LogP contribution in [0.3, 0.4) is 0 Å². The molecule has 1 fully saturated rings. The van der Waals surface area contributed by atoms with E-state index in [9.17, 15) is 4.79 Å². The molecular weight excluding hydrogens is 358 g/mol.